The Balaban J connectivity index is 1.57. The lowest BCUT2D eigenvalue weighted by atomic mass is 10.1. The number of nitriles is 1. The standard InChI is InChI=1S/C20H22N6O2/c1-16(27)26(18-6-3-2-5-17(18)15-21)10-7-19(28)24-11-13-25(14-12-24)20-22-8-4-9-23-20/h2-6,8-9H,7,10-14H2,1H3. The highest BCUT2D eigenvalue weighted by molar-refractivity contribution is 5.93. The van der Waals surface area contributed by atoms with Crippen LogP contribution in [0.4, 0.5) is 11.6 Å². The Labute approximate surface area is 164 Å². The zero-order chi connectivity index (χ0) is 19.9. The molecule has 144 valence electrons. The smallest absolute Gasteiger partial charge is 0.225 e. The predicted octanol–water partition coefficient (Wildman–Crippen LogP) is 1.44. The molecule has 0 bridgehead atoms. The number of amides is 2. The van der Waals surface area contributed by atoms with Crippen molar-refractivity contribution in [3.8, 4) is 6.07 Å². The van der Waals surface area contributed by atoms with Crippen molar-refractivity contribution in [1.29, 1.82) is 5.26 Å². The summed E-state index contributed by atoms with van der Waals surface area (Å²) in [6.45, 7) is 4.21. The second kappa shape index (κ2) is 8.95. The number of carbonyl (C=O) groups is 2. The molecule has 8 heteroatoms. The molecule has 0 N–H and O–H groups in total. The summed E-state index contributed by atoms with van der Waals surface area (Å²) in [5.41, 5.74) is 0.956. The first-order chi connectivity index (χ1) is 13.6. The number of aromatic nitrogens is 2. The van der Waals surface area contributed by atoms with E-state index < -0.39 is 0 Å². The molecule has 1 saturated heterocycles. The lowest BCUT2D eigenvalue weighted by molar-refractivity contribution is -0.131. The summed E-state index contributed by atoms with van der Waals surface area (Å²) in [5.74, 6) is 0.473. The minimum Gasteiger partial charge on any atom is -0.339 e. The van der Waals surface area contributed by atoms with Crippen LogP contribution in [-0.2, 0) is 9.59 Å². The van der Waals surface area contributed by atoms with Crippen molar-refractivity contribution >= 4 is 23.5 Å². The maximum atomic E-state index is 12.6. The van der Waals surface area contributed by atoms with Crippen LogP contribution in [-0.4, -0.2) is 59.4 Å². The third-order valence-electron chi connectivity index (χ3n) is 4.71. The zero-order valence-corrected chi connectivity index (χ0v) is 15.8. The summed E-state index contributed by atoms with van der Waals surface area (Å²) in [6, 6.07) is 10.8. The van der Waals surface area contributed by atoms with Crippen LogP contribution in [0.25, 0.3) is 0 Å². The molecule has 8 nitrogen and oxygen atoms in total. The van der Waals surface area contributed by atoms with Gasteiger partial charge in [-0.25, -0.2) is 9.97 Å². The zero-order valence-electron chi connectivity index (χ0n) is 15.8. The molecule has 2 aromatic rings. The van der Waals surface area contributed by atoms with Crippen molar-refractivity contribution in [3.05, 3.63) is 48.3 Å². The van der Waals surface area contributed by atoms with Gasteiger partial charge in [-0.15, -0.1) is 0 Å². The molecule has 0 atom stereocenters. The van der Waals surface area contributed by atoms with Gasteiger partial charge in [0.1, 0.15) is 6.07 Å². The van der Waals surface area contributed by atoms with Crippen molar-refractivity contribution in [2.24, 2.45) is 0 Å². The maximum absolute atomic E-state index is 12.6. The SMILES string of the molecule is CC(=O)N(CCC(=O)N1CCN(c2ncccn2)CC1)c1ccccc1C#N. The van der Waals surface area contributed by atoms with Crippen molar-refractivity contribution in [3.63, 3.8) is 0 Å². The third-order valence-corrected chi connectivity index (χ3v) is 4.71. The Morgan fingerprint density at radius 2 is 1.79 bits per heavy atom. The highest BCUT2D eigenvalue weighted by Crippen LogP contribution is 2.20. The maximum Gasteiger partial charge on any atom is 0.225 e. The van der Waals surface area contributed by atoms with E-state index in [-0.39, 0.29) is 24.8 Å². The monoisotopic (exact) mass is 378 g/mol. The lowest BCUT2D eigenvalue weighted by Crippen LogP contribution is -2.49. The van der Waals surface area contributed by atoms with Crippen LogP contribution < -0.4 is 9.80 Å². The number of benzene rings is 1. The molecule has 28 heavy (non-hydrogen) atoms. The molecule has 0 aliphatic carbocycles. The molecule has 1 fully saturated rings. The lowest BCUT2D eigenvalue weighted by Gasteiger charge is -2.35. The van der Waals surface area contributed by atoms with E-state index in [0.29, 0.717) is 43.4 Å². The van der Waals surface area contributed by atoms with Crippen LogP contribution in [0.3, 0.4) is 0 Å². The molecule has 1 aliphatic rings. The highest BCUT2D eigenvalue weighted by atomic mass is 16.2. The van der Waals surface area contributed by atoms with Gasteiger partial charge in [-0.05, 0) is 18.2 Å². The molecule has 0 radical (unpaired) electrons. The Kier molecular flexibility index (Phi) is 6.17. The summed E-state index contributed by atoms with van der Waals surface area (Å²) in [5, 5.41) is 9.27. The van der Waals surface area contributed by atoms with Gasteiger partial charge < -0.3 is 14.7 Å². The molecular formula is C20H22N6O2. The molecule has 1 aliphatic heterocycles. The summed E-state index contributed by atoms with van der Waals surface area (Å²) in [4.78, 5) is 38.5. The summed E-state index contributed by atoms with van der Waals surface area (Å²) >= 11 is 0. The van der Waals surface area contributed by atoms with Crippen LogP contribution in [0.2, 0.25) is 0 Å². The fourth-order valence-corrected chi connectivity index (χ4v) is 3.23. The van der Waals surface area contributed by atoms with Gasteiger partial charge in [0.2, 0.25) is 17.8 Å². The van der Waals surface area contributed by atoms with Crippen molar-refractivity contribution in [2.45, 2.75) is 13.3 Å². The Morgan fingerprint density at radius 3 is 2.43 bits per heavy atom. The normalized spacial score (nSPS) is 13.7. The van der Waals surface area contributed by atoms with E-state index >= 15 is 0 Å². The fraction of sp³-hybridized carbons (Fsp3) is 0.350. The minimum atomic E-state index is -0.193. The number of rotatable bonds is 5. The number of anilines is 2. The summed E-state index contributed by atoms with van der Waals surface area (Å²) < 4.78 is 0. The molecule has 1 aromatic carbocycles. The van der Waals surface area contributed by atoms with Crippen LogP contribution in [0.5, 0.6) is 0 Å². The van der Waals surface area contributed by atoms with E-state index in [0.717, 1.165) is 0 Å². The fourth-order valence-electron chi connectivity index (χ4n) is 3.23. The van der Waals surface area contributed by atoms with E-state index in [1.54, 1.807) is 47.6 Å². The molecule has 0 spiro atoms. The van der Waals surface area contributed by atoms with E-state index in [1.165, 1.54) is 11.8 Å². The van der Waals surface area contributed by atoms with E-state index in [1.807, 2.05) is 0 Å². The van der Waals surface area contributed by atoms with Crippen LogP contribution in [0.1, 0.15) is 18.9 Å². The molecule has 1 aromatic heterocycles. The van der Waals surface area contributed by atoms with Gasteiger partial charge in [0.25, 0.3) is 0 Å². The van der Waals surface area contributed by atoms with Crippen LogP contribution in [0.15, 0.2) is 42.7 Å². The summed E-state index contributed by atoms with van der Waals surface area (Å²) in [7, 11) is 0. The third kappa shape index (κ3) is 4.43. The Bertz CT molecular complexity index is 872. The van der Waals surface area contributed by atoms with Gasteiger partial charge in [-0.1, -0.05) is 12.1 Å². The average Bonchev–Trinajstić information content (AvgIpc) is 2.74. The number of hydrogen-bond acceptors (Lipinski definition) is 6. The van der Waals surface area contributed by atoms with Gasteiger partial charge in [0, 0.05) is 58.5 Å². The van der Waals surface area contributed by atoms with Gasteiger partial charge in [-0.3, -0.25) is 9.59 Å². The molecule has 2 amide bonds. The van der Waals surface area contributed by atoms with E-state index in [4.69, 9.17) is 0 Å². The number of nitrogens with zero attached hydrogens (tertiary/aromatic N) is 6. The van der Waals surface area contributed by atoms with Crippen molar-refractivity contribution in [1.82, 2.24) is 14.9 Å². The Morgan fingerprint density at radius 1 is 1.11 bits per heavy atom. The van der Waals surface area contributed by atoms with Gasteiger partial charge in [0.15, 0.2) is 0 Å². The van der Waals surface area contributed by atoms with E-state index in [2.05, 4.69) is 20.9 Å². The number of hydrogen-bond donors (Lipinski definition) is 0. The summed E-state index contributed by atoms with van der Waals surface area (Å²) in [6.07, 6.45) is 3.62. The average molecular weight is 378 g/mol. The second-order valence-electron chi connectivity index (χ2n) is 6.47. The first kappa shape index (κ1) is 19.3. The van der Waals surface area contributed by atoms with Crippen LogP contribution >= 0.6 is 0 Å². The molecule has 3 rings (SSSR count). The minimum absolute atomic E-state index is 0.00526. The topological polar surface area (TPSA) is 93.4 Å². The first-order valence-corrected chi connectivity index (χ1v) is 9.17. The van der Waals surface area contributed by atoms with Gasteiger partial charge in [0.05, 0.1) is 11.3 Å². The van der Waals surface area contributed by atoms with Crippen molar-refractivity contribution in [2.75, 3.05) is 42.5 Å². The molecular weight excluding hydrogens is 356 g/mol. The molecule has 2 heterocycles. The first-order valence-electron chi connectivity index (χ1n) is 9.17. The molecule has 0 unspecified atom stereocenters. The predicted molar refractivity (Wildman–Crippen MR) is 105 cm³/mol. The van der Waals surface area contributed by atoms with E-state index in [9.17, 15) is 14.9 Å². The van der Waals surface area contributed by atoms with Gasteiger partial charge >= 0.3 is 0 Å². The van der Waals surface area contributed by atoms with Crippen LogP contribution in [0, 0.1) is 11.3 Å². The quantitative estimate of drug-likeness (QED) is 0.782. The highest BCUT2D eigenvalue weighted by Gasteiger charge is 2.24. The Hall–Kier alpha value is -3.47. The number of carbonyl (C=O) groups excluding carboxylic acids is 2. The largest absolute Gasteiger partial charge is 0.339 e. The van der Waals surface area contributed by atoms with Gasteiger partial charge in [-0.2, -0.15) is 5.26 Å². The molecule has 0 saturated carbocycles. The number of para-hydroxylation sites is 1. The second-order valence-corrected chi connectivity index (χ2v) is 6.47. The van der Waals surface area contributed by atoms with Crippen molar-refractivity contribution < 1.29 is 9.59 Å². The number of piperazine rings is 1.